The number of hydrogen-bond acceptors (Lipinski definition) is 6. The molecule has 0 bridgehead atoms. The lowest BCUT2D eigenvalue weighted by Gasteiger charge is -2.31. The van der Waals surface area contributed by atoms with Gasteiger partial charge >= 0.3 is 5.97 Å². The summed E-state index contributed by atoms with van der Waals surface area (Å²) in [6.07, 6.45) is 0.559. The van der Waals surface area contributed by atoms with E-state index in [0.717, 1.165) is 22.0 Å². The first-order chi connectivity index (χ1) is 14.0. The predicted molar refractivity (Wildman–Crippen MR) is 105 cm³/mol. The van der Waals surface area contributed by atoms with Crippen molar-refractivity contribution in [3.8, 4) is 11.4 Å². The van der Waals surface area contributed by atoms with Crippen molar-refractivity contribution in [3.05, 3.63) is 62.9 Å². The van der Waals surface area contributed by atoms with Gasteiger partial charge in [-0.2, -0.15) is 0 Å². The van der Waals surface area contributed by atoms with Crippen LogP contribution in [0.25, 0.3) is 22.3 Å². The average Bonchev–Trinajstić information content (AvgIpc) is 3.10. The number of aliphatic hydroxyl groups excluding tert-OH is 1. The summed E-state index contributed by atoms with van der Waals surface area (Å²) in [4.78, 5) is 30.3. The number of aliphatic hydroxyl groups is 2. The van der Waals surface area contributed by atoms with Crippen LogP contribution in [-0.2, 0) is 34.7 Å². The molecule has 7 nitrogen and oxygen atoms in total. The van der Waals surface area contributed by atoms with E-state index in [1.54, 1.807) is 17.6 Å². The van der Waals surface area contributed by atoms with Gasteiger partial charge in [0.25, 0.3) is 5.56 Å². The van der Waals surface area contributed by atoms with Gasteiger partial charge in [-0.25, -0.2) is 9.78 Å². The largest absolute Gasteiger partial charge is 0.458 e. The zero-order chi connectivity index (χ0) is 20.3. The summed E-state index contributed by atoms with van der Waals surface area (Å²) in [6, 6.07) is 9.39. The number of para-hydroxylation sites is 1. The van der Waals surface area contributed by atoms with E-state index in [1.807, 2.05) is 24.3 Å². The van der Waals surface area contributed by atoms with E-state index in [0.29, 0.717) is 35.5 Å². The molecule has 148 valence electrons. The van der Waals surface area contributed by atoms with Gasteiger partial charge in [-0.1, -0.05) is 25.1 Å². The molecule has 2 aliphatic rings. The van der Waals surface area contributed by atoms with Crippen LogP contribution >= 0.6 is 0 Å². The molecule has 1 aromatic carbocycles. The topological polar surface area (TPSA) is 102 Å². The second-order valence-corrected chi connectivity index (χ2v) is 7.51. The second-order valence-electron chi connectivity index (χ2n) is 7.51. The molecule has 3 aromatic rings. The number of esters is 1. The normalized spacial score (nSPS) is 19.6. The highest BCUT2D eigenvalue weighted by atomic mass is 16.6. The van der Waals surface area contributed by atoms with E-state index < -0.39 is 11.6 Å². The number of ether oxygens (including phenoxy) is 1. The number of fused-ring (bicyclic) bond motifs is 5. The molecule has 2 aromatic heterocycles. The Bertz CT molecular complexity index is 1250. The van der Waals surface area contributed by atoms with E-state index in [9.17, 15) is 19.8 Å². The van der Waals surface area contributed by atoms with Gasteiger partial charge in [0.2, 0.25) is 0 Å². The Kier molecular flexibility index (Phi) is 3.88. The quantitative estimate of drug-likeness (QED) is 0.514. The van der Waals surface area contributed by atoms with Crippen LogP contribution in [0, 0.1) is 0 Å². The molecule has 5 rings (SSSR count). The zero-order valence-electron chi connectivity index (χ0n) is 15.9. The monoisotopic (exact) mass is 392 g/mol. The number of nitrogens with zero attached hydrogens (tertiary/aromatic N) is 2. The summed E-state index contributed by atoms with van der Waals surface area (Å²) in [6.45, 7) is 1.85. The number of pyridine rings is 2. The van der Waals surface area contributed by atoms with E-state index in [-0.39, 0.29) is 25.2 Å². The van der Waals surface area contributed by atoms with Crippen LogP contribution in [0.1, 0.15) is 35.6 Å². The van der Waals surface area contributed by atoms with Crippen LogP contribution in [-0.4, -0.2) is 32.3 Å². The summed E-state index contributed by atoms with van der Waals surface area (Å²) in [5.41, 5.74) is 2.36. The van der Waals surface area contributed by atoms with E-state index in [1.165, 1.54) is 0 Å². The minimum absolute atomic E-state index is 0.0138. The average molecular weight is 392 g/mol. The highest BCUT2D eigenvalue weighted by molar-refractivity contribution is 5.89. The molecule has 0 saturated carbocycles. The van der Waals surface area contributed by atoms with Crippen molar-refractivity contribution < 1.29 is 19.7 Å². The second kappa shape index (κ2) is 6.23. The van der Waals surface area contributed by atoms with Gasteiger partial charge < -0.3 is 19.5 Å². The van der Waals surface area contributed by atoms with Gasteiger partial charge in [0, 0.05) is 23.1 Å². The zero-order valence-corrected chi connectivity index (χ0v) is 15.9. The van der Waals surface area contributed by atoms with Crippen LogP contribution in [0.15, 0.2) is 35.1 Å². The lowest BCUT2D eigenvalue weighted by atomic mass is 9.86. The molecular weight excluding hydrogens is 372 g/mol. The standard InChI is InChI=1S/C22H20N2O5/c1-2-22(28)16-9-18-19-14(10-24(18)20(26)15(16)11-29-21(22)27)12(7-8-25)13-5-3-4-6-17(13)23-19/h3-6,9,25,28H,2,7-8,10-11H2,1H3. The van der Waals surface area contributed by atoms with Crippen molar-refractivity contribution >= 4 is 16.9 Å². The Balaban J connectivity index is 1.83. The Morgan fingerprint density at radius 1 is 1.24 bits per heavy atom. The van der Waals surface area contributed by atoms with Crippen molar-refractivity contribution in [1.82, 2.24) is 9.55 Å². The Labute approximate surface area is 166 Å². The predicted octanol–water partition coefficient (Wildman–Crippen LogP) is 1.61. The van der Waals surface area contributed by atoms with Crippen molar-refractivity contribution in [3.63, 3.8) is 0 Å². The first-order valence-electron chi connectivity index (χ1n) is 9.68. The molecule has 0 saturated heterocycles. The fourth-order valence-electron chi connectivity index (χ4n) is 4.51. The smallest absolute Gasteiger partial charge is 0.343 e. The van der Waals surface area contributed by atoms with Crippen LogP contribution in [0.5, 0.6) is 0 Å². The summed E-state index contributed by atoms with van der Waals surface area (Å²) in [5.74, 6) is -0.734. The van der Waals surface area contributed by atoms with E-state index in [4.69, 9.17) is 9.72 Å². The first kappa shape index (κ1) is 18.0. The van der Waals surface area contributed by atoms with Crippen molar-refractivity contribution in [2.75, 3.05) is 6.61 Å². The number of carbonyl (C=O) groups excluding carboxylic acids is 1. The molecule has 7 heteroatoms. The fourth-order valence-corrected chi connectivity index (χ4v) is 4.51. The number of rotatable bonds is 3. The molecule has 29 heavy (non-hydrogen) atoms. The van der Waals surface area contributed by atoms with Gasteiger partial charge in [-0.05, 0) is 30.5 Å². The lowest BCUT2D eigenvalue weighted by molar-refractivity contribution is -0.172. The molecule has 0 spiro atoms. The minimum atomic E-state index is -1.84. The van der Waals surface area contributed by atoms with Crippen LogP contribution in [0.3, 0.4) is 0 Å². The maximum absolute atomic E-state index is 13.2. The van der Waals surface area contributed by atoms with Gasteiger partial charge in [-0.3, -0.25) is 4.79 Å². The van der Waals surface area contributed by atoms with Crippen molar-refractivity contribution in [1.29, 1.82) is 0 Å². The number of cyclic esters (lactones) is 1. The molecular formula is C22H20N2O5. The molecule has 1 atom stereocenters. The van der Waals surface area contributed by atoms with Crippen LogP contribution < -0.4 is 5.56 Å². The molecule has 2 N–H and O–H groups in total. The van der Waals surface area contributed by atoms with E-state index in [2.05, 4.69) is 0 Å². The molecule has 1 unspecified atom stereocenters. The maximum Gasteiger partial charge on any atom is 0.343 e. The van der Waals surface area contributed by atoms with Crippen LogP contribution in [0.4, 0.5) is 0 Å². The molecule has 0 fully saturated rings. The summed E-state index contributed by atoms with van der Waals surface area (Å²) < 4.78 is 6.72. The first-order valence-corrected chi connectivity index (χ1v) is 9.68. The highest BCUT2D eigenvalue weighted by Gasteiger charge is 2.45. The number of hydrogen-bond donors (Lipinski definition) is 2. The molecule has 4 heterocycles. The van der Waals surface area contributed by atoms with Crippen molar-refractivity contribution in [2.24, 2.45) is 0 Å². The molecule has 2 aliphatic heterocycles. The summed E-state index contributed by atoms with van der Waals surface area (Å²) >= 11 is 0. The minimum Gasteiger partial charge on any atom is -0.458 e. The molecule has 0 radical (unpaired) electrons. The van der Waals surface area contributed by atoms with Gasteiger partial charge in [0.15, 0.2) is 5.60 Å². The molecule has 0 amide bonds. The van der Waals surface area contributed by atoms with Gasteiger partial charge in [-0.15, -0.1) is 0 Å². The van der Waals surface area contributed by atoms with Gasteiger partial charge in [0.05, 0.1) is 29.0 Å². The third kappa shape index (κ3) is 2.34. The Hall–Kier alpha value is -3.03. The van der Waals surface area contributed by atoms with Crippen LogP contribution in [0.2, 0.25) is 0 Å². The lowest BCUT2D eigenvalue weighted by Crippen LogP contribution is -2.44. The SMILES string of the molecule is CCC1(O)C(=O)OCc2c1cc1n(c2=O)Cc2c-1nc1ccccc1c2CCO. The van der Waals surface area contributed by atoms with Gasteiger partial charge in [0.1, 0.15) is 6.61 Å². The number of benzene rings is 1. The maximum atomic E-state index is 13.2. The summed E-state index contributed by atoms with van der Waals surface area (Å²) in [5, 5.41) is 21.5. The van der Waals surface area contributed by atoms with Crippen molar-refractivity contribution in [2.45, 2.75) is 38.5 Å². The molecule has 0 aliphatic carbocycles. The summed E-state index contributed by atoms with van der Waals surface area (Å²) in [7, 11) is 0. The fraction of sp³-hybridized carbons (Fsp3) is 0.318. The number of carbonyl (C=O) groups is 1. The Morgan fingerprint density at radius 2 is 2.03 bits per heavy atom. The Morgan fingerprint density at radius 3 is 2.79 bits per heavy atom. The van der Waals surface area contributed by atoms with E-state index >= 15 is 0 Å². The third-order valence-electron chi connectivity index (χ3n) is 6.08. The third-order valence-corrected chi connectivity index (χ3v) is 6.08. The number of aromatic nitrogens is 2. The highest BCUT2D eigenvalue weighted by Crippen LogP contribution is 2.40.